The summed E-state index contributed by atoms with van der Waals surface area (Å²) in [7, 11) is 0.585. The molecule has 118 valence electrons. The highest BCUT2D eigenvalue weighted by Crippen LogP contribution is 2.18. The van der Waals surface area contributed by atoms with Crippen LogP contribution in [-0.2, 0) is 24.1 Å². The Labute approximate surface area is 123 Å². The van der Waals surface area contributed by atoms with Gasteiger partial charge in [-0.15, -0.1) is 0 Å². The standard InChI is InChI=1S/C12H20N4O4S/c1-13-9-5-4-6-16(7-9)21(19,20)10-8-14(2)12(18)15(3)11(10)17/h8-9,13H,4-7H2,1-3H3/t9-/m1/s1. The molecule has 1 saturated heterocycles. The maximum atomic E-state index is 12.7. The van der Waals surface area contributed by atoms with E-state index in [4.69, 9.17) is 0 Å². The molecule has 8 nitrogen and oxygen atoms in total. The zero-order valence-corrected chi connectivity index (χ0v) is 13.2. The molecule has 0 bridgehead atoms. The van der Waals surface area contributed by atoms with Crippen LogP contribution in [0, 0.1) is 0 Å². The molecule has 1 aliphatic heterocycles. The summed E-state index contributed by atoms with van der Waals surface area (Å²) < 4.78 is 28.5. The van der Waals surface area contributed by atoms with Crippen LogP contribution in [0.5, 0.6) is 0 Å². The predicted octanol–water partition coefficient (Wildman–Crippen LogP) is -1.54. The lowest BCUT2D eigenvalue weighted by Crippen LogP contribution is -2.49. The summed E-state index contributed by atoms with van der Waals surface area (Å²) in [6.45, 7) is 0.706. The topological polar surface area (TPSA) is 93.4 Å². The van der Waals surface area contributed by atoms with Gasteiger partial charge in [-0.25, -0.2) is 13.2 Å². The molecule has 0 aliphatic carbocycles. The maximum Gasteiger partial charge on any atom is 0.330 e. The van der Waals surface area contributed by atoms with E-state index in [1.807, 2.05) is 0 Å². The van der Waals surface area contributed by atoms with E-state index < -0.39 is 21.3 Å². The van der Waals surface area contributed by atoms with Gasteiger partial charge >= 0.3 is 5.69 Å². The van der Waals surface area contributed by atoms with Gasteiger partial charge in [-0.05, 0) is 19.9 Å². The number of rotatable bonds is 3. The summed E-state index contributed by atoms with van der Waals surface area (Å²) in [5, 5.41) is 3.06. The second kappa shape index (κ2) is 5.74. The number of aryl methyl sites for hydroxylation is 1. The number of piperidine rings is 1. The lowest BCUT2D eigenvalue weighted by atomic mass is 10.1. The van der Waals surface area contributed by atoms with Crippen molar-refractivity contribution >= 4 is 10.0 Å². The Morgan fingerprint density at radius 1 is 1.29 bits per heavy atom. The fraction of sp³-hybridized carbons (Fsp3) is 0.667. The Morgan fingerprint density at radius 3 is 2.57 bits per heavy atom. The van der Waals surface area contributed by atoms with Gasteiger partial charge in [0.25, 0.3) is 5.56 Å². The molecule has 0 spiro atoms. The van der Waals surface area contributed by atoms with Crippen LogP contribution >= 0.6 is 0 Å². The van der Waals surface area contributed by atoms with Gasteiger partial charge in [0, 0.05) is 39.4 Å². The van der Waals surface area contributed by atoms with Crippen LogP contribution in [-0.4, -0.2) is 48.0 Å². The Balaban J connectivity index is 2.50. The fourth-order valence-corrected chi connectivity index (χ4v) is 4.16. The number of likely N-dealkylation sites (N-methyl/N-ethyl adjacent to an activating group) is 1. The molecule has 0 amide bonds. The predicted molar refractivity (Wildman–Crippen MR) is 77.8 cm³/mol. The Kier molecular flexibility index (Phi) is 4.35. The number of aromatic nitrogens is 2. The van der Waals surface area contributed by atoms with Gasteiger partial charge in [0.1, 0.15) is 0 Å². The third-order valence-electron chi connectivity index (χ3n) is 3.83. The first-order chi connectivity index (χ1) is 9.78. The lowest BCUT2D eigenvalue weighted by Gasteiger charge is -2.31. The second-order valence-electron chi connectivity index (χ2n) is 5.24. The summed E-state index contributed by atoms with van der Waals surface area (Å²) in [5.41, 5.74) is -1.34. The van der Waals surface area contributed by atoms with Crippen molar-refractivity contribution in [1.29, 1.82) is 0 Å². The summed E-state index contributed by atoms with van der Waals surface area (Å²) in [6.07, 6.45) is 2.73. The van der Waals surface area contributed by atoms with Gasteiger partial charge in [0.15, 0.2) is 4.90 Å². The average Bonchev–Trinajstić information content (AvgIpc) is 2.48. The summed E-state index contributed by atoms with van der Waals surface area (Å²) in [6, 6.07) is 0.0740. The number of nitrogens with zero attached hydrogens (tertiary/aromatic N) is 3. The van der Waals surface area contributed by atoms with Crippen LogP contribution in [0.15, 0.2) is 20.7 Å². The minimum absolute atomic E-state index is 0.0740. The first kappa shape index (κ1) is 15.9. The van der Waals surface area contributed by atoms with E-state index in [9.17, 15) is 18.0 Å². The van der Waals surface area contributed by atoms with Crippen LogP contribution in [0.25, 0.3) is 0 Å². The molecule has 1 aromatic heterocycles. The van der Waals surface area contributed by atoms with E-state index in [0.29, 0.717) is 13.1 Å². The second-order valence-corrected chi connectivity index (χ2v) is 7.15. The molecule has 1 fully saturated rings. The van der Waals surface area contributed by atoms with Gasteiger partial charge in [-0.1, -0.05) is 0 Å². The molecular formula is C12H20N4O4S. The van der Waals surface area contributed by atoms with Crippen LogP contribution < -0.4 is 16.6 Å². The lowest BCUT2D eigenvalue weighted by molar-refractivity contribution is 0.292. The van der Waals surface area contributed by atoms with Crippen LogP contribution in [0.4, 0.5) is 0 Å². The summed E-state index contributed by atoms with van der Waals surface area (Å²) in [5.74, 6) is 0. The smallest absolute Gasteiger partial charge is 0.316 e. The van der Waals surface area contributed by atoms with E-state index in [2.05, 4.69) is 5.32 Å². The molecule has 1 N–H and O–H groups in total. The molecule has 1 aliphatic rings. The third kappa shape index (κ3) is 2.81. The van der Waals surface area contributed by atoms with Crippen molar-refractivity contribution in [1.82, 2.24) is 18.8 Å². The van der Waals surface area contributed by atoms with E-state index in [1.54, 1.807) is 7.05 Å². The van der Waals surface area contributed by atoms with Crippen molar-refractivity contribution in [2.75, 3.05) is 20.1 Å². The molecule has 21 heavy (non-hydrogen) atoms. The molecule has 1 aromatic rings. The summed E-state index contributed by atoms with van der Waals surface area (Å²) >= 11 is 0. The molecule has 9 heteroatoms. The quantitative estimate of drug-likeness (QED) is 0.729. The Bertz CT molecular complexity index is 750. The monoisotopic (exact) mass is 316 g/mol. The first-order valence-corrected chi connectivity index (χ1v) is 8.17. The van der Waals surface area contributed by atoms with Crippen molar-refractivity contribution in [3.63, 3.8) is 0 Å². The zero-order valence-electron chi connectivity index (χ0n) is 12.4. The van der Waals surface area contributed by atoms with E-state index in [0.717, 1.165) is 28.2 Å². The molecule has 0 unspecified atom stereocenters. The molecule has 0 aromatic carbocycles. The fourth-order valence-electron chi connectivity index (χ4n) is 2.49. The highest BCUT2D eigenvalue weighted by Gasteiger charge is 2.32. The van der Waals surface area contributed by atoms with Crippen molar-refractivity contribution in [2.45, 2.75) is 23.8 Å². The molecule has 2 rings (SSSR count). The average molecular weight is 316 g/mol. The van der Waals surface area contributed by atoms with Gasteiger partial charge < -0.3 is 9.88 Å². The van der Waals surface area contributed by atoms with Crippen LogP contribution in [0.3, 0.4) is 0 Å². The van der Waals surface area contributed by atoms with E-state index in [1.165, 1.54) is 18.4 Å². The van der Waals surface area contributed by atoms with E-state index in [-0.39, 0.29) is 10.9 Å². The molecular weight excluding hydrogens is 296 g/mol. The van der Waals surface area contributed by atoms with Gasteiger partial charge in [0.2, 0.25) is 10.0 Å². The third-order valence-corrected chi connectivity index (χ3v) is 5.67. The van der Waals surface area contributed by atoms with Crippen LogP contribution in [0.2, 0.25) is 0 Å². The van der Waals surface area contributed by atoms with Crippen molar-refractivity contribution in [2.24, 2.45) is 14.1 Å². The van der Waals surface area contributed by atoms with Gasteiger partial charge in [-0.2, -0.15) is 4.31 Å². The largest absolute Gasteiger partial charge is 0.330 e. The number of hydrogen-bond donors (Lipinski definition) is 1. The summed E-state index contributed by atoms with van der Waals surface area (Å²) in [4.78, 5) is 23.4. The Morgan fingerprint density at radius 2 is 1.95 bits per heavy atom. The van der Waals surface area contributed by atoms with Crippen molar-refractivity contribution in [3.05, 3.63) is 27.0 Å². The SMILES string of the molecule is CN[C@@H]1CCCN(S(=O)(=O)c2cn(C)c(=O)n(C)c2=O)C1. The first-order valence-electron chi connectivity index (χ1n) is 6.73. The molecule has 0 radical (unpaired) electrons. The van der Waals surface area contributed by atoms with Crippen LogP contribution in [0.1, 0.15) is 12.8 Å². The highest BCUT2D eigenvalue weighted by molar-refractivity contribution is 7.89. The van der Waals surface area contributed by atoms with E-state index >= 15 is 0 Å². The maximum absolute atomic E-state index is 12.7. The van der Waals surface area contributed by atoms with Gasteiger partial charge in [0.05, 0.1) is 0 Å². The zero-order chi connectivity index (χ0) is 15.8. The highest BCUT2D eigenvalue weighted by atomic mass is 32.2. The Hall–Kier alpha value is -1.45. The minimum atomic E-state index is -3.90. The molecule has 2 heterocycles. The normalized spacial score (nSPS) is 20.6. The van der Waals surface area contributed by atoms with Crippen molar-refractivity contribution < 1.29 is 8.42 Å². The minimum Gasteiger partial charge on any atom is -0.316 e. The van der Waals surface area contributed by atoms with Crippen molar-refractivity contribution in [3.8, 4) is 0 Å². The number of nitrogens with one attached hydrogen (secondary N) is 1. The number of sulfonamides is 1. The number of hydrogen-bond acceptors (Lipinski definition) is 5. The van der Waals surface area contributed by atoms with Gasteiger partial charge in [-0.3, -0.25) is 9.36 Å². The molecule has 0 saturated carbocycles. The molecule has 1 atom stereocenters.